The van der Waals surface area contributed by atoms with E-state index in [1.54, 1.807) is 12.5 Å². The Morgan fingerprint density at radius 1 is 1.00 bits per heavy atom. The van der Waals surface area contributed by atoms with Crippen LogP contribution in [0.5, 0.6) is 0 Å². The Kier molecular flexibility index (Phi) is 6.18. The third-order valence-electron chi connectivity index (χ3n) is 5.05. The van der Waals surface area contributed by atoms with Crippen LogP contribution in [0.4, 0.5) is 11.8 Å². The molecule has 0 aliphatic carbocycles. The molecular weight excluding hydrogens is 400 g/mol. The number of nitrogens with zero attached hydrogens (tertiary/aromatic N) is 5. The van der Waals surface area contributed by atoms with E-state index in [-0.39, 0.29) is 12.4 Å². The van der Waals surface area contributed by atoms with Gasteiger partial charge >= 0.3 is 0 Å². The van der Waals surface area contributed by atoms with Gasteiger partial charge in [0.05, 0.1) is 16.7 Å². The Morgan fingerprint density at radius 2 is 1.90 bits per heavy atom. The van der Waals surface area contributed by atoms with Gasteiger partial charge in [0.2, 0.25) is 5.95 Å². The van der Waals surface area contributed by atoms with Crippen molar-refractivity contribution < 1.29 is 0 Å². The van der Waals surface area contributed by atoms with E-state index in [4.69, 9.17) is 0 Å². The van der Waals surface area contributed by atoms with E-state index in [0.29, 0.717) is 5.95 Å². The normalized spacial score (nSPS) is 14.4. The molecule has 1 aliphatic heterocycles. The molecule has 0 bridgehead atoms. The molecule has 4 heterocycles. The minimum atomic E-state index is 0. The van der Waals surface area contributed by atoms with E-state index in [0.717, 1.165) is 60.8 Å². The zero-order chi connectivity index (χ0) is 19.5. The lowest BCUT2D eigenvalue weighted by molar-refractivity contribution is 0.233. The average molecular weight is 423 g/mol. The quantitative estimate of drug-likeness (QED) is 0.455. The lowest BCUT2D eigenvalue weighted by Crippen LogP contribution is -2.42. The molecule has 0 spiro atoms. The first-order valence-corrected chi connectivity index (χ1v) is 9.75. The summed E-state index contributed by atoms with van der Waals surface area (Å²) < 4.78 is 0. The molecule has 3 N–H and O–H groups in total. The lowest BCUT2D eigenvalue weighted by Gasteiger charge is -2.27. The maximum absolute atomic E-state index is 4.63. The summed E-state index contributed by atoms with van der Waals surface area (Å²) in [5, 5.41) is 6.68. The maximum atomic E-state index is 4.63. The fourth-order valence-corrected chi connectivity index (χ4v) is 3.58. The predicted octanol–water partition coefficient (Wildman–Crippen LogP) is 2.99. The van der Waals surface area contributed by atoms with Gasteiger partial charge in [0.15, 0.2) is 0 Å². The number of fused-ring (bicyclic) bond motifs is 1. The summed E-state index contributed by atoms with van der Waals surface area (Å²) in [5.41, 5.74) is 4.98. The van der Waals surface area contributed by atoms with Gasteiger partial charge in [-0.2, -0.15) is 0 Å². The standard InChI is InChI=1S/C21H22N8.ClH/c1-2-18-19(12-16(1)17-4-5-23-14-25-17)27-21(26-18)28-20-11-15(3-6-24-20)13-29-9-7-22-8-10-29;/h1-6,11-12,14,22H,7-10,13H2,(H2,24,26,27,28);1H. The molecule has 0 atom stereocenters. The summed E-state index contributed by atoms with van der Waals surface area (Å²) in [6, 6.07) is 12.1. The molecule has 3 aromatic heterocycles. The van der Waals surface area contributed by atoms with Crippen LogP contribution in [0, 0.1) is 0 Å². The molecule has 8 nitrogen and oxygen atoms in total. The lowest BCUT2D eigenvalue weighted by atomic mass is 10.1. The highest BCUT2D eigenvalue weighted by Gasteiger charge is 2.11. The highest BCUT2D eigenvalue weighted by Crippen LogP contribution is 2.23. The van der Waals surface area contributed by atoms with Crippen molar-refractivity contribution >= 4 is 35.2 Å². The molecule has 4 aromatic rings. The predicted molar refractivity (Wildman–Crippen MR) is 120 cm³/mol. The van der Waals surface area contributed by atoms with Gasteiger partial charge in [0.1, 0.15) is 12.1 Å². The number of hydrogen-bond donors (Lipinski definition) is 3. The summed E-state index contributed by atoms with van der Waals surface area (Å²) in [7, 11) is 0. The highest BCUT2D eigenvalue weighted by atomic mass is 35.5. The minimum Gasteiger partial charge on any atom is -0.324 e. The Hall–Kier alpha value is -3.07. The van der Waals surface area contributed by atoms with Gasteiger partial charge < -0.3 is 15.6 Å². The molecule has 154 valence electrons. The first-order valence-electron chi connectivity index (χ1n) is 9.75. The topological polar surface area (TPSA) is 94.7 Å². The van der Waals surface area contributed by atoms with Crippen molar-refractivity contribution in [3.63, 3.8) is 0 Å². The number of anilines is 2. The van der Waals surface area contributed by atoms with Crippen molar-refractivity contribution in [2.24, 2.45) is 0 Å². The van der Waals surface area contributed by atoms with E-state index < -0.39 is 0 Å². The molecule has 1 saturated heterocycles. The summed E-state index contributed by atoms with van der Waals surface area (Å²) in [6.45, 7) is 5.17. The van der Waals surface area contributed by atoms with Crippen LogP contribution in [-0.2, 0) is 6.54 Å². The van der Waals surface area contributed by atoms with Crippen molar-refractivity contribution in [1.29, 1.82) is 0 Å². The Labute approximate surface area is 180 Å². The molecule has 9 heteroatoms. The number of benzene rings is 1. The Morgan fingerprint density at radius 3 is 2.73 bits per heavy atom. The number of H-pyrrole nitrogens is 1. The summed E-state index contributed by atoms with van der Waals surface area (Å²) in [4.78, 5) is 23.1. The zero-order valence-corrected chi connectivity index (χ0v) is 17.2. The molecule has 1 aromatic carbocycles. The molecule has 0 unspecified atom stereocenters. The first-order chi connectivity index (χ1) is 14.3. The smallest absolute Gasteiger partial charge is 0.206 e. The number of aromatic nitrogens is 5. The Bertz CT molecular complexity index is 1110. The second-order valence-corrected chi connectivity index (χ2v) is 7.11. The molecule has 1 fully saturated rings. The number of pyridine rings is 1. The van der Waals surface area contributed by atoms with Gasteiger partial charge in [-0.3, -0.25) is 4.90 Å². The molecule has 0 radical (unpaired) electrons. The van der Waals surface area contributed by atoms with Crippen LogP contribution < -0.4 is 10.6 Å². The number of halogens is 1. The van der Waals surface area contributed by atoms with Crippen molar-refractivity contribution in [1.82, 2.24) is 35.1 Å². The van der Waals surface area contributed by atoms with E-state index in [1.165, 1.54) is 5.56 Å². The molecular formula is C21H23ClN8. The molecule has 0 amide bonds. The monoisotopic (exact) mass is 422 g/mol. The third-order valence-corrected chi connectivity index (χ3v) is 5.05. The number of rotatable bonds is 5. The van der Waals surface area contributed by atoms with Gasteiger partial charge in [0.25, 0.3) is 0 Å². The molecule has 30 heavy (non-hydrogen) atoms. The number of piperazine rings is 1. The Balaban J connectivity index is 0.00000218. The second-order valence-electron chi connectivity index (χ2n) is 7.11. The third kappa shape index (κ3) is 4.56. The fraction of sp³-hybridized carbons (Fsp3) is 0.238. The van der Waals surface area contributed by atoms with Crippen molar-refractivity contribution in [2.45, 2.75) is 6.54 Å². The molecule has 1 aliphatic rings. The van der Waals surface area contributed by atoms with Crippen molar-refractivity contribution in [3.8, 4) is 11.3 Å². The first kappa shape index (κ1) is 20.2. The summed E-state index contributed by atoms with van der Waals surface area (Å²) >= 11 is 0. The number of hydrogen-bond acceptors (Lipinski definition) is 7. The van der Waals surface area contributed by atoms with Gasteiger partial charge in [-0.05, 0) is 35.9 Å². The SMILES string of the molecule is Cl.c1cc(-c2ccc3nc(Nc4cc(CN5CCNCC5)ccn4)[nH]c3c2)ncn1. The van der Waals surface area contributed by atoms with Crippen LogP contribution in [0.15, 0.2) is 55.1 Å². The van der Waals surface area contributed by atoms with Crippen LogP contribution in [0.2, 0.25) is 0 Å². The summed E-state index contributed by atoms with van der Waals surface area (Å²) in [6.07, 6.45) is 5.14. The fourth-order valence-electron chi connectivity index (χ4n) is 3.58. The second kappa shape index (κ2) is 9.17. The van der Waals surface area contributed by atoms with Crippen LogP contribution in [-0.4, -0.2) is 56.0 Å². The van der Waals surface area contributed by atoms with Crippen LogP contribution >= 0.6 is 12.4 Å². The van der Waals surface area contributed by atoms with E-state index in [9.17, 15) is 0 Å². The number of aromatic amines is 1. The van der Waals surface area contributed by atoms with Crippen LogP contribution in [0.3, 0.4) is 0 Å². The van der Waals surface area contributed by atoms with Gasteiger partial charge in [0, 0.05) is 50.7 Å². The minimum absolute atomic E-state index is 0. The van der Waals surface area contributed by atoms with E-state index >= 15 is 0 Å². The number of imidazole rings is 1. The van der Waals surface area contributed by atoms with Crippen LogP contribution in [0.25, 0.3) is 22.3 Å². The maximum Gasteiger partial charge on any atom is 0.206 e. The van der Waals surface area contributed by atoms with Gasteiger partial charge in [-0.25, -0.2) is 19.9 Å². The van der Waals surface area contributed by atoms with Gasteiger partial charge in [-0.15, -0.1) is 12.4 Å². The van der Waals surface area contributed by atoms with E-state index in [2.05, 4.69) is 52.6 Å². The number of nitrogens with one attached hydrogen (secondary N) is 3. The largest absolute Gasteiger partial charge is 0.324 e. The zero-order valence-electron chi connectivity index (χ0n) is 16.4. The van der Waals surface area contributed by atoms with E-state index in [1.807, 2.05) is 30.5 Å². The molecule has 5 rings (SSSR count). The van der Waals surface area contributed by atoms with Crippen molar-refractivity contribution in [2.75, 3.05) is 31.5 Å². The average Bonchev–Trinajstić information content (AvgIpc) is 3.17. The van der Waals surface area contributed by atoms with Crippen molar-refractivity contribution in [3.05, 3.63) is 60.7 Å². The molecule has 0 saturated carbocycles. The van der Waals surface area contributed by atoms with Gasteiger partial charge in [-0.1, -0.05) is 6.07 Å². The van der Waals surface area contributed by atoms with Crippen LogP contribution in [0.1, 0.15) is 5.56 Å². The summed E-state index contributed by atoms with van der Waals surface area (Å²) in [5.74, 6) is 1.46. The highest BCUT2D eigenvalue weighted by molar-refractivity contribution is 5.85.